The van der Waals surface area contributed by atoms with Crippen molar-refractivity contribution in [1.82, 2.24) is 9.80 Å². The number of halogens is 3. The molecule has 0 aliphatic carbocycles. The van der Waals surface area contributed by atoms with Gasteiger partial charge in [0.1, 0.15) is 0 Å². The average Bonchev–Trinajstić information content (AvgIpc) is 3.25. The molecule has 1 aromatic heterocycles. The molecule has 1 saturated heterocycles. The molecule has 3 aromatic rings. The van der Waals surface area contributed by atoms with Gasteiger partial charge in [0.15, 0.2) is 0 Å². The van der Waals surface area contributed by atoms with Crippen molar-refractivity contribution < 1.29 is 27.8 Å². The molecule has 2 N–H and O–H groups in total. The summed E-state index contributed by atoms with van der Waals surface area (Å²) in [5.41, 5.74) is 2.27. The maximum absolute atomic E-state index is 13.2. The molecule has 4 rings (SSSR count). The standard InChI is InChI=1S/C29H36F3N3O3S/c1-3-6-35(17-22-12-20(2)11-21(13-22)14-28(36)37)19-25(18-34-7-9-38-10-8-34)33-27-15-23-4-5-24(29(30,31)32)16-26(23)39-27/h4-5,11-13,15-16,25,33H,3,6-10,14,17-19H2,1-2H3,(H,36,37). The summed E-state index contributed by atoms with van der Waals surface area (Å²) < 4.78 is 45.8. The molecule has 2 heterocycles. The van der Waals surface area contributed by atoms with Crippen molar-refractivity contribution in [1.29, 1.82) is 0 Å². The Morgan fingerprint density at radius 3 is 2.59 bits per heavy atom. The number of aryl methyl sites for hydroxylation is 1. The maximum Gasteiger partial charge on any atom is 0.416 e. The number of ether oxygens (including phenoxy) is 1. The van der Waals surface area contributed by atoms with Gasteiger partial charge in [-0.1, -0.05) is 36.8 Å². The molecule has 0 saturated carbocycles. The average molecular weight is 564 g/mol. The van der Waals surface area contributed by atoms with Crippen LogP contribution in [0.1, 0.15) is 35.6 Å². The minimum atomic E-state index is -4.37. The summed E-state index contributed by atoms with van der Waals surface area (Å²) in [6.07, 6.45) is -3.42. The van der Waals surface area contributed by atoms with Gasteiger partial charge in [0.25, 0.3) is 0 Å². The molecule has 212 valence electrons. The van der Waals surface area contributed by atoms with Gasteiger partial charge in [-0.15, -0.1) is 11.3 Å². The van der Waals surface area contributed by atoms with Crippen LogP contribution in [0.15, 0.2) is 42.5 Å². The van der Waals surface area contributed by atoms with E-state index in [2.05, 4.69) is 28.1 Å². The highest BCUT2D eigenvalue weighted by Crippen LogP contribution is 2.36. The van der Waals surface area contributed by atoms with Gasteiger partial charge in [-0.05, 0) is 54.6 Å². The Bertz CT molecular complexity index is 1260. The number of carboxylic acid groups (broad SMARTS) is 1. The minimum absolute atomic E-state index is 0.00827. The Labute approximate surface area is 231 Å². The summed E-state index contributed by atoms with van der Waals surface area (Å²) in [7, 11) is 0. The number of carboxylic acids is 1. The lowest BCUT2D eigenvalue weighted by Gasteiger charge is -2.34. The highest BCUT2D eigenvalue weighted by atomic mass is 32.1. The molecule has 0 amide bonds. The van der Waals surface area contributed by atoms with E-state index in [4.69, 9.17) is 4.74 Å². The van der Waals surface area contributed by atoms with E-state index in [9.17, 15) is 23.1 Å². The van der Waals surface area contributed by atoms with Crippen LogP contribution in [0.3, 0.4) is 0 Å². The van der Waals surface area contributed by atoms with Crippen molar-refractivity contribution in [2.75, 3.05) is 51.3 Å². The third-order valence-electron chi connectivity index (χ3n) is 6.75. The lowest BCUT2D eigenvalue weighted by Crippen LogP contribution is -2.47. The number of morpholine rings is 1. The number of hydrogen-bond acceptors (Lipinski definition) is 6. The minimum Gasteiger partial charge on any atom is -0.481 e. The van der Waals surface area contributed by atoms with Crippen molar-refractivity contribution >= 4 is 32.4 Å². The number of nitrogens with zero attached hydrogens (tertiary/aromatic N) is 2. The first-order valence-electron chi connectivity index (χ1n) is 13.3. The quantitative estimate of drug-likeness (QED) is 0.287. The first-order valence-corrected chi connectivity index (χ1v) is 14.1. The normalized spacial score (nSPS) is 15.6. The van der Waals surface area contributed by atoms with E-state index in [1.54, 1.807) is 0 Å². The van der Waals surface area contributed by atoms with E-state index < -0.39 is 17.7 Å². The Morgan fingerprint density at radius 1 is 1.15 bits per heavy atom. The topological polar surface area (TPSA) is 65.0 Å². The van der Waals surface area contributed by atoms with Crippen LogP contribution in [0.25, 0.3) is 10.1 Å². The molecule has 1 fully saturated rings. The smallest absolute Gasteiger partial charge is 0.416 e. The zero-order chi connectivity index (χ0) is 28.0. The van der Waals surface area contributed by atoms with Crippen LogP contribution in [-0.4, -0.2) is 72.9 Å². The largest absolute Gasteiger partial charge is 0.481 e. The number of rotatable bonds is 12. The van der Waals surface area contributed by atoms with Crippen molar-refractivity contribution in [3.8, 4) is 0 Å². The van der Waals surface area contributed by atoms with Gasteiger partial charge in [-0.2, -0.15) is 13.2 Å². The van der Waals surface area contributed by atoms with Crippen molar-refractivity contribution in [3.05, 3.63) is 64.7 Å². The zero-order valence-electron chi connectivity index (χ0n) is 22.4. The second-order valence-electron chi connectivity index (χ2n) is 10.2. The van der Waals surface area contributed by atoms with E-state index in [1.807, 2.05) is 25.1 Å². The predicted molar refractivity (Wildman–Crippen MR) is 150 cm³/mol. The van der Waals surface area contributed by atoms with Crippen LogP contribution in [0, 0.1) is 6.92 Å². The number of nitrogens with one attached hydrogen (secondary N) is 1. The maximum atomic E-state index is 13.2. The molecule has 0 spiro atoms. The number of anilines is 1. The fourth-order valence-electron chi connectivity index (χ4n) is 5.16. The Balaban J connectivity index is 1.54. The Morgan fingerprint density at radius 2 is 1.90 bits per heavy atom. The third kappa shape index (κ3) is 8.66. The number of benzene rings is 2. The number of carbonyl (C=O) groups is 1. The van der Waals surface area contributed by atoms with E-state index in [-0.39, 0.29) is 12.5 Å². The van der Waals surface area contributed by atoms with Crippen molar-refractivity contribution in [2.24, 2.45) is 0 Å². The molecular weight excluding hydrogens is 527 g/mol. The van der Waals surface area contributed by atoms with Crippen LogP contribution in [-0.2, 0) is 28.7 Å². The van der Waals surface area contributed by atoms with Crippen LogP contribution in [0.5, 0.6) is 0 Å². The fourth-order valence-corrected chi connectivity index (χ4v) is 6.24. The lowest BCUT2D eigenvalue weighted by molar-refractivity contribution is -0.138. The highest BCUT2D eigenvalue weighted by molar-refractivity contribution is 7.22. The van der Waals surface area contributed by atoms with E-state index in [1.165, 1.54) is 23.5 Å². The number of hydrogen-bond donors (Lipinski definition) is 2. The van der Waals surface area contributed by atoms with Crippen molar-refractivity contribution in [3.63, 3.8) is 0 Å². The molecular formula is C29H36F3N3O3S. The zero-order valence-corrected chi connectivity index (χ0v) is 23.2. The van der Waals surface area contributed by atoms with Crippen LogP contribution in [0.2, 0.25) is 0 Å². The van der Waals surface area contributed by atoms with E-state index >= 15 is 0 Å². The van der Waals surface area contributed by atoms with Crippen molar-refractivity contribution in [2.45, 2.75) is 45.5 Å². The molecule has 1 aliphatic heterocycles. The fraction of sp³-hybridized carbons (Fsp3) is 0.483. The van der Waals surface area contributed by atoms with Gasteiger partial charge >= 0.3 is 12.1 Å². The van der Waals surface area contributed by atoms with E-state index in [0.29, 0.717) is 24.5 Å². The Hall–Kier alpha value is -2.66. The monoisotopic (exact) mass is 563 g/mol. The summed E-state index contributed by atoms with van der Waals surface area (Å²) in [5.74, 6) is -0.850. The third-order valence-corrected chi connectivity index (χ3v) is 7.78. The van der Waals surface area contributed by atoms with Gasteiger partial charge < -0.3 is 15.2 Å². The first kappa shape index (κ1) is 29.3. The van der Waals surface area contributed by atoms with Gasteiger partial charge in [0, 0.05) is 37.4 Å². The van der Waals surface area contributed by atoms with Gasteiger partial charge in [-0.3, -0.25) is 14.6 Å². The van der Waals surface area contributed by atoms with Crippen LogP contribution in [0.4, 0.5) is 18.2 Å². The molecule has 2 aromatic carbocycles. The summed E-state index contributed by atoms with van der Waals surface area (Å²) in [6, 6.07) is 11.8. The van der Waals surface area contributed by atoms with E-state index in [0.717, 1.165) is 72.3 Å². The molecule has 6 nitrogen and oxygen atoms in total. The number of aliphatic carboxylic acids is 1. The molecule has 1 aliphatic rings. The van der Waals surface area contributed by atoms with Gasteiger partial charge in [0.2, 0.25) is 0 Å². The summed E-state index contributed by atoms with van der Waals surface area (Å²) in [4.78, 5) is 16.0. The van der Waals surface area contributed by atoms with Crippen LogP contribution < -0.4 is 5.32 Å². The molecule has 0 radical (unpaired) electrons. The SMILES string of the molecule is CCCN(Cc1cc(C)cc(CC(=O)O)c1)CC(CN1CCOCC1)Nc1cc2ccc(C(F)(F)F)cc2s1. The second kappa shape index (κ2) is 13.1. The highest BCUT2D eigenvalue weighted by Gasteiger charge is 2.30. The first-order chi connectivity index (χ1) is 18.6. The van der Waals surface area contributed by atoms with Crippen LogP contribution >= 0.6 is 11.3 Å². The molecule has 39 heavy (non-hydrogen) atoms. The number of thiophene rings is 1. The number of alkyl halides is 3. The summed E-state index contributed by atoms with van der Waals surface area (Å²) in [5, 5.41) is 14.5. The lowest BCUT2D eigenvalue weighted by atomic mass is 10.0. The number of fused-ring (bicyclic) bond motifs is 1. The van der Waals surface area contributed by atoms with Gasteiger partial charge in [0.05, 0.1) is 36.2 Å². The Kier molecular flexibility index (Phi) is 9.87. The molecule has 0 bridgehead atoms. The molecule has 1 unspecified atom stereocenters. The summed E-state index contributed by atoms with van der Waals surface area (Å²) >= 11 is 1.34. The predicted octanol–water partition coefficient (Wildman–Crippen LogP) is 5.88. The van der Waals surface area contributed by atoms with Gasteiger partial charge in [-0.25, -0.2) is 0 Å². The summed E-state index contributed by atoms with van der Waals surface area (Å²) in [6.45, 7) is 10.2. The molecule has 1 atom stereocenters. The molecule has 10 heteroatoms. The second-order valence-corrected chi connectivity index (χ2v) is 11.3.